The summed E-state index contributed by atoms with van der Waals surface area (Å²) in [6.07, 6.45) is 0. The van der Waals surface area contributed by atoms with Gasteiger partial charge in [-0.3, -0.25) is 0 Å². The Bertz CT molecular complexity index is 2990. The van der Waals surface area contributed by atoms with Crippen molar-refractivity contribution in [1.82, 2.24) is 9.13 Å². The van der Waals surface area contributed by atoms with Crippen molar-refractivity contribution in [3.8, 4) is 45.5 Å². The summed E-state index contributed by atoms with van der Waals surface area (Å²) in [6, 6.07) is 60.2. The molecule has 0 atom stereocenters. The van der Waals surface area contributed by atoms with E-state index in [1.165, 1.54) is 38.1 Å². The van der Waals surface area contributed by atoms with Crippen molar-refractivity contribution in [2.75, 3.05) is 0 Å². The highest BCUT2D eigenvalue weighted by Gasteiger charge is 2.21. The van der Waals surface area contributed by atoms with Crippen LogP contribution in [0, 0.1) is 0 Å². The smallest absolute Gasteiger partial charge is 0.170 e. The van der Waals surface area contributed by atoms with Gasteiger partial charge >= 0.3 is 0 Å². The second-order valence-corrected chi connectivity index (χ2v) is 13.0. The molecule has 10 aromatic rings. The Labute approximate surface area is 287 Å². The third-order valence-electron chi connectivity index (χ3n) is 10.1. The van der Waals surface area contributed by atoms with Gasteiger partial charge in [0, 0.05) is 32.9 Å². The van der Waals surface area contributed by atoms with E-state index < -0.39 is 0 Å². The first kappa shape index (κ1) is 27.2. The molecule has 0 amide bonds. The SMILES string of the molecule is c1ccc(-n2c3ccccc3c3ccc(-n4c5ccccc5c5ccc(-c6ccc7c(c6)Oc6cc8ccccc8cc6O7)cc54)cc32)cc1. The minimum absolute atomic E-state index is 0.713. The molecule has 50 heavy (non-hydrogen) atoms. The van der Waals surface area contributed by atoms with Crippen molar-refractivity contribution in [1.29, 1.82) is 0 Å². The van der Waals surface area contributed by atoms with Gasteiger partial charge in [0.1, 0.15) is 0 Å². The Morgan fingerprint density at radius 1 is 0.300 bits per heavy atom. The number of nitrogens with zero attached hydrogens (tertiary/aromatic N) is 2. The minimum Gasteiger partial charge on any atom is -0.449 e. The normalized spacial score (nSPS) is 12.3. The fourth-order valence-electron chi connectivity index (χ4n) is 7.83. The lowest BCUT2D eigenvalue weighted by Gasteiger charge is -2.22. The first-order valence-electron chi connectivity index (χ1n) is 16.9. The van der Waals surface area contributed by atoms with E-state index >= 15 is 0 Å². The van der Waals surface area contributed by atoms with E-state index in [0.717, 1.165) is 50.3 Å². The maximum Gasteiger partial charge on any atom is 0.170 e. The average Bonchev–Trinajstić information content (AvgIpc) is 3.68. The lowest BCUT2D eigenvalue weighted by molar-refractivity contribution is 0.360. The van der Waals surface area contributed by atoms with Crippen LogP contribution in [-0.2, 0) is 0 Å². The Morgan fingerprint density at radius 2 is 0.800 bits per heavy atom. The van der Waals surface area contributed by atoms with Crippen molar-refractivity contribution in [3.63, 3.8) is 0 Å². The number of ether oxygens (including phenoxy) is 2. The third-order valence-corrected chi connectivity index (χ3v) is 10.1. The molecule has 1 aliphatic rings. The topological polar surface area (TPSA) is 28.3 Å². The zero-order valence-electron chi connectivity index (χ0n) is 26.9. The predicted molar refractivity (Wildman–Crippen MR) is 205 cm³/mol. The number of benzene rings is 8. The lowest BCUT2D eigenvalue weighted by Crippen LogP contribution is -1.99. The Morgan fingerprint density at radius 3 is 1.52 bits per heavy atom. The number of fused-ring (bicyclic) bond motifs is 9. The van der Waals surface area contributed by atoms with Crippen LogP contribution in [0.25, 0.3) is 76.9 Å². The molecule has 0 saturated heterocycles. The van der Waals surface area contributed by atoms with Gasteiger partial charge in [-0.15, -0.1) is 0 Å². The van der Waals surface area contributed by atoms with Gasteiger partial charge in [0.25, 0.3) is 0 Å². The molecule has 0 fully saturated rings. The van der Waals surface area contributed by atoms with Gasteiger partial charge in [0.05, 0.1) is 22.1 Å². The molecule has 0 saturated carbocycles. The maximum absolute atomic E-state index is 6.46. The average molecular weight is 641 g/mol. The van der Waals surface area contributed by atoms with Gasteiger partial charge in [-0.05, 0) is 88.6 Å². The quantitative estimate of drug-likeness (QED) is 0.192. The molecule has 0 radical (unpaired) electrons. The molecule has 11 rings (SSSR count). The second-order valence-electron chi connectivity index (χ2n) is 13.0. The fraction of sp³-hybridized carbons (Fsp3) is 0. The number of rotatable bonds is 3. The number of hydrogen-bond acceptors (Lipinski definition) is 2. The second kappa shape index (κ2) is 10.4. The molecule has 8 aromatic carbocycles. The minimum atomic E-state index is 0.713. The molecule has 0 N–H and O–H groups in total. The number of para-hydroxylation sites is 3. The summed E-state index contributed by atoms with van der Waals surface area (Å²) in [5, 5.41) is 7.17. The van der Waals surface area contributed by atoms with Crippen molar-refractivity contribution >= 4 is 54.4 Å². The van der Waals surface area contributed by atoms with Crippen LogP contribution < -0.4 is 9.47 Å². The first-order chi connectivity index (χ1) is 24.8. The molecule has 0 bridgehead atoms. The van der Waals surface area contributed by atoms with Crippen LogP contribution in [0.5, 0.6) is 23.0 Å². The molecule has 234 valence electrons. The van der Waals surface area contributed by atoms with Gasteiger partial charge < -0.3 is 18.6 Å². The molecule has 0 unspecified atom stereocenters. The summed E-state index contributed by atoms with van der Waals surface area (Å²) in [5.41, 5.74) is 9.14. The predicted octanol–water partition coefficient (Wildman–Crippen LogP) is 12.6. The van der Waals surface area contributed by atoms with Crippen LogP contribution in [-0.4, -0.2) is 9.13 Å². The molecule has 4 nitrogen and oxygen atoms in total. The molecular formula is C46H28N2O2. The zero-order chi connectivity index (χ0) is 32.8. The summed E-state index contributed by atoms with van der Waals surface area (Å²) in [4.78, 5) is 0. The third kappa shape index (κ3) is 3.99. The van der Waals surface area contributed by atoms with E-state index in [1.54, 1.807) is 0 Å². The lowest BCUT2D eigenvalue weighted by atomic mass is 10.0. The fourth-order valence-corrected chi connectivity index (χ4v) is 7.83. The van der Waals surface area contributed by atoms with Crippen molar-refractivity contribution in [2.24, 2.45) is 0 Å². The molecule has 2 aromatic heterocycles. The molecule has 4 heteroatoms. The van der Waals surface area contributed by atoms with Crippen LogP contribution in [0.4, 0.5) is 0 Å². The highest BCUT2D eigenvalue weighted by atomic mass is 16.6. The summed E-state index contributed by atoms with van der Waals surface area (Å²) >= 11 is 0. The van der Waals surface area contributed by atoms with Gasteiger partial charge in [-0.25, -0.2) is 0 Å². The van der Waals surface area contributed by atoms with Gasteiger partial charge in [-0.2, -0.15) is 0 Å². The van der Waals surface area contributed by atoms with Crippen LogP contribution >= 0.6 is 0 Å². The van der Waals surface area contributed by atoms with E-state index in [1.807, 2.05) is 24.3 Å². The zero-order valence-corrected chi connectivity index (χ0v) is 26.9. The van der Waals surface area contributed by atoms with E-state index in [4.69, 9.17) is 9.47 Å². The molecular weight excluding hydrogens is 613 g/mol. The summed E-state index contributed by atoms with van der Waals surface area (Å²) in [6.45, 7) is 0. The van der Waals surface area contributed by atoms with E-state index in [0.29, 0.717) is 11.5 Å². The van der Waals surface area contributed by atoms with Gasteiger partial charge in [0.15, 0.2) is 23.0 Å². The highest BCUT2D eigenvalue weighted by molar-refractivity contribution is 6.12. The van der Waals surface area contributed by atoms with Crippen molar-refractivity contribution < 1.29 is 9.47 Å². The van der Waals surface area contributed by atoms with Crippen molar-refractivity contribution in [2.45, 2.75) is 0 Å². The standard InChI is InChI=1S/C46H28N2O2/c1-2-12-33(13-3-1)47-39-16-8-6-15-36(39)38-22-20-34(28-42(38)47)48-40-17-9-7-14-35(40)37-21-18-31(24-41(37)48)32-19-23-43-44(27-32)50-46-26-30-11-5-4-10-29(30)25-45(46)49-43/h1-28H. The van der Waals surface area contributed by atoms with Crippen LogP contribution in [0.15, 0.2) is 170 Å². The Hall–Kier alpha value is -6.78. The molecule has 1 aliphatic heterocycles. The number of hydrogen-bond donors (Lipinski definition) is 0. The van der Waals surface area contributed by atoms with Gasteiger partial charge in [-0.1, -0.05) is 103 Å². The summed E-state index contributed by atoms with van der Waals surface area (Å²) in [5.74, 6) is 2.89. The maximum atomic E-state index is 6.46. The monoisotopic (exact) mass is 640 g/mol. The number of aromatic nitrogens is 2. The highest BCUT2D eigenvalue weighted by Crippen LogP contribution is 2.48. The van der Waals surface area contributed by atoms with Gasteiger partial charge in [0.2, 0.25) is 0 Å². The largest absolute Gasteiger partial charge is 0.449 e. The van der Waals surface area contributed by atoms with Crippen molar-refractivity contribution in [3.05, 3.63) is 170 Å². The molecule has 3 heterocycles. The van der Waals surface area contributed by atoms with Crippen LogP contribution in [0.2, 0.25) is 0 Å². The first-order valence-corrected chi connectivity index (χ1v) is 16.9. The van der Waals surface area contributed by atoms with E-state index in [-0.39, 0.29) is 0 Å². The Kier molecular flexibility index (Phi) is 5.63. The van der Waals surface area contributed by atoms with Crippen LogP contribution in [0.1, 0.15) is 0 Å². The Balaban J connectivity index is 1.08. The molecule has 0 aliphatic carbocycles. The summed E-state index contributed by atoms with van der Waals surface area (Å²) in [7, 11) is 0. The van der Waals surface area contributed by atoms with E-state index in [9.17, 15) is 0 Å². The van der Waals surface area contributed by atoms with E-state index in [2.05, 4.69) is 155 Å². The molecule has 0 spiro atoms. The summed E-state index contributed by atoms with van der Waals surface area (Å²) < 4.78 is 17.6. The van der Waals surface area contributed by atoms with Crippen LogP contribution in [0.3, 0.4) is 0 Å².